The molecule has 0 aliphatic rings. The molecule has 1 N–H and O–H groups in total. The van der Waals surface area contributed by atoms with Crippen molar-refractivity contribution in [3.8, 4) is 0 Å². The molecule has 0 saturated heterocycles. The third-order valence-electron chi connectivity index (χ3n) is 3.77. The van der Waals surface area contributed by atoms with Crippen LogP contribution in [0.1, 0.15) is 20.8 Å². The first-order chi connectivity index (χ1) is 12.4. The van der Waals surface area contributed by atoms with Crippen LogP contribution in [0.3, 0.4) is 0 Å². The first-order valence-corrected chi connectivity index (χ1v) is 7.57. The van der Waals surface area contributed by atoms with Crippen LogP contribution in [0, 0.1) is 5.82 Å². The number of esters is 1. The number of carbonyl (C=O) groups is 2. The second kappa shape index (κ2) is 6.75. The van der Waals surface area contributed by atoms with Crippen molar-refractivity contribution in [3.63, 3.8) is 0 Å². The van der Waals surface area contributed by atoms with E-state index in [1.807, 2.05) is 0 Å². The Morgan fingerprint density at radius 3 is 2.69 bits per heavy atom. The number of nitrogens with one attached hydrogen (secondary N) is 1. The molecule has 3 rings (SSSR count). The molecule has 3 aromatic rings. The molecule has 0 saturated carbocycles. The number of aromatic nitrogens is 2. The average molecular weight is 355 g/mol. The lowest BCUT2D eigenvalue weighted by Crippen LogP contribution is -2.26. The zero-order valence-electron chi connectivity index (χ0n) is 13.9. The van der Waals surface area contributed by atoms with Crippen molar-refractivity contribution in [1.82, 2.24) is 9.78 Å². The maximum absolute atomic E-state index is 13.5. The van der Waals surface area contributed by atoms with E-state index >= 15 is 0 Å². The van der Waals surface area contributed by atoms with E-state index in [0.717, 1.165) is 6.07 Å². The van der Waals surface area contributed by atoms with Crippen molar-refractivity contribution in [2.75, 3.05) is 12.4 Å². The van der Waals surface area contributed by atoms with E-state index in [1.54, 1.807) is 19.2 Å². The highest BCUT2D eigenvalue weighted by molar-refractivity contribution is 6.04. The van der Waals surface area contributed by atoms with Crippen molar-refractivity contribution in [2.45, 2.75) is 0 Å². The fourth-order valence-corrected chi connectivity index (χ4v) is 2.53. The molecule has 1 amide bonds. The lowest BCUT2D eigenvalue weighted by Gasteiger charge is -2.09. The Balaban J connectivity index is 2.00. The molecule has 7 nitrogen and oxygen atoms in total. The van der Waals surface area contributed by atoms with Gasteiger partial charge in [-0.15, -0.1) is 0 Å². The molecule has 0 aliphatic heterocycles. The van der Waals surface area contributed by atoms with Gasteiger partial charge < -0.3 is 10.1 Å². The smallest absolute Gasteiger partial charge is 0.337 e. The first kappa shape index (κ1) is 17.3. The molecule has 0 radical (unpaired) electrons. The van der Waals surface area contributed by atoms with E-state index in [0.29, 0.717) is 11.2 Å². The predicted octanol–water partition coefficient (Wildman–Crippen LogP) is 2.11. The minimum absolute atomic E-state index is 0.0518. The van der Waals surface area contributed by atoms with E-state index in [-0.39, 0.29) is 16.6 Å². The van der Waals surface area contributed by atoms with Gasteiger partial charge in [-0.1, -0.05) is 6.07 Å². The van der Waals surface area contributed by atoms with Crippen LogP contribution in [-0.4, -0.2) is 28.8 Å². The number of hydrogen-bond acceptors (Lipinski definition) is 5. The molecule has 0 spiro atoms. The molecule has 2 aromatic carbocycles. The molecule has 0 aliphatic carbocycles. The van der Waals surface area contributed by atoms with Gasteiger partial charge in [-0.2, -0.15) is 5.10 Å². The van der Waals surface area contributed by atoms with Gasteiger partial charge in [0.1, 0.15) is 5.82 Å². The van der Waals surface area contributed by atoms with Gasteiger partial charge in [-0.05, 0) is 36.4 Å². The summed E-state index contributed by atoms with van der Waals surface area (Å²) in [5.41, 5.74) is -0.123. The van der Waals surface area contributed by atoms with E-state index < -0.39 is 23.1 Å². The molecular weight excluding hydrogens is 341 g/mol. The van der Waals surface area contributed by atoms with Crippen LogP contribution in [0.5, 0.6) is 0 Å². The van der Waals surface area contributed by atoms with Crippen LogP contribution in [0.25, 0.3) is 10.9 Å². The van der Waals surface area contributed by atoms with Gasteiger partial charge in [0.15, 0.2) is 5.69 Å². The van der Waals surface area contributed by atoms with Crippen molar-refractivity contribution in [3.05, 3.63) is 69.8 Å². The van der Waals surface area contributed by atoms with Gasteiger partial charge >= 0.3 is 5.97 Å². The lowest BCUT2D eigenvalue weighted by atomic mass is 10.1. The Bertz CT molecular complexity index is 1090. The van der Waals surface area contributed by atoms with E-state index in [1.165, 1.54) is 36.1 Å². The number of amides is 1. The summed E-state index contributed by atoms with van der Waals surface area (Å²) in [6, 6.07) is 9.74. The maximum atomic E-state index is 13.5. The second-order valence-electron chi connectivity index (χ2n) is 5.49. The number of benzene rings is 2. The Labute approximate surface area is 147 Å². The van der Waals surface area contributed by atoms with E-state index in [2.05, 4.69) is 15.2 Å². The summed E-state index contributed by atoms with van der Waals surface area (Å²) >= 11 is 0. The standard InChI is InChI=1S/C18H14FN3O4/c1-22-14-7-6-11(19)9-13(14)16(23)15(21-22)17(24)20-12-5-3-4-10(8-12)18(25)26-2/h3-9H,1-2H3,(H,20,24). The summed E-state index contributed by atoms with van der Waals surface area (Å²) in [4.78, 5) is 36.5. The Kier molecular flexibility index (Phi) is 4.49. The quantitative estimate of drug-likeness (QED) is 0.727. The van der Waals surface area contributed by atoms with Crippen molar-refractivity contribution < 1.29 is 18.7 Å². The number of rotatable bonds is 3. The fraction of sp³-hybridized carbons (Fsp3) is 0.111. The average Bonchev–Trinajstić information content (AvgIpc) is 2.64. The topological polar surface area (TPSA) is 90.3 Å². The Hall–Kier alpha value is -3.55. The number of methoxy groups -OCH3 is 1. The molecule has 0 unspecified atom stereocenters. The summed E-state index contributed by atoms with van der Waals surface area (Å²) in [6.45, 7) is 0. The first-order valence-electron chi connectivity index (χ1n) is 7.57. The molecule has 0 fully saturated rings. The minimum atomic E-state index is -0.765. The van der Waals surface area contributed by atoms with Crippen LogP contribution in [0.15, 0.2) is 47.3 Å². The Morgan fingerprint density at radius 2 is 1.96 bits per heavy atom. The number of anilines is 1. The van der Waals surface area contributed by atoms with Gasteiger partial charge in [-0.25, -0.2) is 9.18 Å². The molecule has 0 bridgehead atoms. The SMILES string of the molecule is COC(=O)c1cccc(NC(=O)c2nn(C)c3ccc(F)cc3c2=O)c1. The number of nitrogens with zero attached hydrogens (tertiary/aromatic N) is 2. The summed E-state index contributed by atoms with van der Waals surface area (Å²) in [5.74, 6) is -1.91. The van der Waals surface area contributed by atoms with Gasteiger partial charge in [0.05, 0.1) is 23.6 Å². The molecule has 1 aromatic heterocycles. The zero-order valence-corrected chi connectivity index (χ0v) is 13.9. The second-order valence-corrected chi connectivity index (χ2v) is 5.49. The van der Waals surface area contributed by atoms with Crippen LogP contribution in [-0.2, 0) is 11.8 Å². The van der Waals surface area contributed by atoms with Crippen molar-refractivity contribution in [2.24, 2.45) is 7.05 Å². The lowest BCUT2D eigenvalue weighted by molar-refractivity contribution is 0.0600. The summed E-state index contributed by atoms with van der Waals surface area (Å²) in [5, 5.41) is 6.54. The molecule has 1 heterocycles. The molecule has 132 valence electrons. The van der Waals surface area contributed by atoms with E-state index in [4.69, 9.17) is 0 Å². The normalized spacial score (nSPS) is 10.6. The molecule has 26 heavy (non-hydrogen) atoms. The maximum Gasteiger partial charge on any atom is 0.337 e. The van der Waals surface area contributed by atoms with Crippen LogP contribution >= 0.6 is 0 Å². The van der Waals surface area contributed by atoms with Crippen LogP contribution in [0.2, 0.25) is 0 Å². The van der Waals surface area contributed by atoms with Gasteiger partial charge in [-0.3, -0.25) is 14.3 Å². The molecule has 8 heteroatoms. The largest absolute Gasteiger partial charge is 0.465 e. The van der Waals surface area contributed by atoms with Gasteiger partial charge in [0.25, 0.3) is 5.91 Å². The highest BCUT2D eigenvalue weighted by Crippen LogP contribution is 2.14. The Morgan fingerprint density at radius 1 is 1.19 bits per heavy atom. The van der Waals surface area contributed by atoms with Crippen molar-refractivity contribution in [1.29, 1.82) is 0 Å². The number of halogens is 1. The van der Waals surface area contributed by atoms with Gasteiger partial charge in [0.2, 0.25) is 5.43 Å². The predicted molar refractivity (Wildman–Crippen MR) is 92.7 cm³/mol. The van der Waals surface area contributed by atoms with Crippen molar-refractivity contribution >= 4 is 28.5 Å². The minimum Gasteiger partial charge on any atom is -0.465 e. The zero-order chi connectivity index (χ0) is 18.8. The van der Waals surface area contributed by atoms with E-state index in [9.17, 15) is 18.8 Å². The molecule has 0 atom stereocenters. The number of aryl methyl sites for hydroxylation is 1. The third-order valence-corrected chi connectivity index (χ3v) is 3.77. The summed E-state index contributed by atoms with van der Waals surface area (Å²) < 4.78 is 19.4. The number of ether oxygens (including phenoxy) is 1. The monoisotopic (exact) mass is 355 g/mol. The van der Waals surface area contributed by atoms with Crippen LogP contribution in [0.4, 0.5) is 10.1 Å². The highest BCUT2D eigenvalue weighted by Gasteiger charge is 2.18. The number of carbonyl (C=O) groups excluding carboxylic acids is 2. The summed E-state index contributed by atoms with van der Waals surface area (Å²) in [7, 11) is 2.80. The molecular formula is C18H14FN3O4. The third kappa shape index (κ3) is 3.16. The highest BCUT2D eigenvalue weighted by atomic mass is 19.1. The fourth-order valence-electron chi connectivity index (χ4n) is 2.53. The van der Waals surface area contributed by atoms with Gasteiger partial charge in [0, 0.05) is 12.7 Å². The van der Waals surface area contributed by atoms with Crippen LogP contribution < -0.4 is 10.7 Å². The number of fused-ring (bicyclic) bond motifs is 1. The number of hydrogen-bond donors (Lipinski definition) is 1. The summed E-state index contributed by atoms with van der Waals surface area (Å²) in [6.07, 6.45) is 0.